The van der Waals surface area contributed by atoms with Crippen LogP contribution < -0.4 is 19.5 Å². The van der Waals surface area contributed by atoms with E-state index in [-0.39, 0.29) is 12.3 Å². The van der Waals surface area contributed by atoms with E-state index in [0.717, 1.165) is 17.7 Å². The Kier molecular flexibility index (Phi) is 8.73. The van der Waals surface area contributed by atoms with Crippen LogP contribution in [0.1, 0.15) is 44.2 Å². The normalized spacial score (nSPS) is 12.5. The predicted molar refractivity (Wildman–Crippen MR) is 119 cm³/mol. The van der Waals surface area contributed by atoms with Gasteiger partial charge < -0.3 is 24.3 Å². The molecule has 0 spiro atoms. The van der Waals surface area contributed by atoms with Crippen molar-refractivity contribution in [2.24, 2.45) is 0 Å². The van der Waals surface area contributed by atoms with Gasteiger partial charge >= 0.3 is 5.97 Å². The van der Waals surface area contributed by atoms with E-state index in [1.165, 1.54) is 21.3 Å². The Balaban J connectivity index is 2.05. The van der Waals surface area contributed by atoms with Gasteiger partial charge in [-0.15, -0.1) is 0 Å². The molecule has 0 unspecified atom stereocenters. The molecule has 0 saturated carbocycles. The van der Waals surface area contributed by atoms with Crippen molar-refractivity contribution in [3.05, 3.63) is 47.5 Å². The summed E-state index contributed by atoms with van der Waals surface area (Å²) in [6.45, 7) is 5.75. The second-order valence-corrected chi connectivity index (χ2v) is 7.23. The lowest BCUT2D eigenvalue weighted by molar-refractivity contribution is -0.152. The minimum absolute atomic E-state index is 0.0439. The topological polar surface area (TPSA) is 83.1 Å². The maximum Gasteiger partial charge on any atom is 0.311 e. The number of amides is 1. The highest BCUT2D eigenvalue weighted by molar-refractivity contribution is 5.95. The summed E-state index contributed by atoms with van der Waals surface area (Å²) in [5.41, 5.74) is 2.40. The third-order valence-electron chi connectivity index (χ3n) is 5.11. The van der Waals surface area contributed by atoms with Gasteiger partial charge in [-0.1, -0.05) is 32.0 Å². The lowest BCUT2D eigenvalue weighted by atomic mass is 9.97. The largest absolute Gasteiger partial charge is 0.493 e. The molecule has 0 bridgehead atoms. The molecule has 2 aromatic carbocycles. The highest BCUT2D eigenvalue weighted by Crippen LogP contribution is 2.38. The molecule has 0 aliphatic rings. The van der Waals surface area contributed by atoms with Crippen LogP contribution in [0.4, 0.5) is 5.69 Å². The van der Waals surface area contributed by atoms with Crippen molar-refractivity contribution in [2.45, 2.75) is 45.6 Å². The van der Waals surface area contributed by atoms with Gasteiger partial charge in [0.2, 0.25) is 5.75 Å². The van der Waals surface area contributed by atoms with E-state index in [1.54, 1.807) is 19.1 Å². The van der Waals surface area contributed by atoms with Gasteiger partial charge in [-0.2, -0.15) is 0 Å². The number of carbonyl (C=O) groups excluding carboxylic acids is 2. The van der Waals surface area contributed by atoms with E-state index in [0.29, 0.717) is 28.7 Å². The number of anilines is 1. The number of carbonyl (C=O) groups is 2. The lowest BCUT2D eigenvalue weighted by Gasteiger charge is -2.18. The first kappa shape index (κ1) is 24.1. The summed E-state index contributed by atoms with van der Waals surface area (Å²) >= 11 is 0. The first-order valence-corrected chi connectivity index (χ1v) is 10.2. The highest BCUT2D eigenvalue weighted by Gasteiger charge is 2.21. The smallest absolute Gasteiger partial charge is 0.311 e. The number of benzene rings is 2. The molecule has 0 saturated heterocycles. The van der Waals surface area contributed by atoms with E-state index in [1.807, 2.05) is 24.3 Å². The van der Waals surface area contributed by atoms with E-state index < -0.39 is 12.1 Å². The standard InChI is InChI=1S/C24H31NO6/c1-7-15(2)18-10-8-9-11-19(18)25-24(27)16(3)31-22(26)14-17-12-20(28-4)23(30-6)21(13-17)29-5/h8-13,15-16H,7,14H2,1-6H3,(H,25,27)/t15-,16+/m1/s1. The minimum Gasteiger partial charge on any atom is -0.493 e. The second kappa shape index (κ2) is 11.2. The summed E-state index contributed by atoms with van der Waals surface area (Å²) in [5.74, 6) is 0.708. The van der Waals surface area contributed by atoms with Gasteiger partial charge in [0.05, 0.1) is 27.8 Å². The Morgan fingerprint density at radius 1 is 0.968 bits per heavy atom. The van der Waals surface area contributed by atoms with Crippen LogP contribution in [-0.4, -0.2) is 39.3 Å². The molecule has 0 aliphatic carbocycles. The molecular weight excluding hydrogens is 398 g/mol. The molecule has 7 nitrogen and oxygen atoms in total. The second-order valence-electron chi connectivity index (χ2n) is 7.23. The van der Waals surface area contributed by atoms with E-state index >= 15 is 0 Å². The van der Waals surface area contributed by atoms with Crippen molar-refractivity contribution in [3.63, 3.8) is 0 Å². The number of esters is 1. The van der Waals surface area contributed by atoms with Gasteiger partial charge in [0.15, 0.2) is 17.6 Å². The molecule has 168 valence electrons. The maximum absolute atomic E-state index is 12.6. The summed E-state index contributed by atoms with van der Waals surface area (Å²) in [6, 6.07) is 11.0. The molecule has 0 aliphatic heterocycles. The average Bonchev–Trinajstić information content (AvgIpc) is 2.77. The van der Waals surface area contributed by atoms with Crippen LogP contribution in [0.3, 0.4) is 0 Å². The van der Waals surface area contributed by atoms with Crippen molar-refractivity contribution < 1.29 is 28.5 Å². The van der Waals surface area contributed by atoms with E-state index in [4.69, 9.17) is 18.9 Å². The van der Waals surface area contributed by atoms with Crippen LogP contribution in [0.5, 0.6) is 17.2 Å². The molecule has 0 radical (unpaired) electrons. The minimum atomic E-state index is -0.945. The van der Waals surface area contributed by atoms with Crippen LogP contribution in [0.15, 0.2) is 36.4 Å². The zero-order valence-corrected chi connectivity index (χ0v) is 19.0. The molecule has 7 heteroatoms. The van der Waals surface area contributed by atoms with Crippen LogP contribution in [0, 0.1) is 0 Å². The van der Waals surface area contributed by atoms with Crippen LogP contribution in [0.25, 0.3) is 0 Å². The van der Waals surface area contributed by atoms with Crippen molar-refractivity contribution in [2.75, 3.05) is 26.6 Å². The van der Waals surface area contributed by atoms with Gasteiger partial charge in [0.25, 0.3) is 5.91 Å². The first-order valence-electron chi connectivity index (χ1n) is 10.2. The zero-order chi connectivity index (χ0) is 23.0. The number of para-hydroxylation sites is 1. The summed E-state index contributed by atoms with van der Waals surface area (Å²) in [6.07, 6.45) is -0.0381. The molecule has 0 heterocycles. The monoisotopic (exact) mass is 429 g/mol. The zero-order valence-electron chi connectivity index (χ0n) is 19.0. The number of nitrogens with one attached hydrogen (secondary N) is 1. The van der Waals surface area contributed by atoms with Gasteiger partial charge in [-0.3, -0.25) is 9.59 Å². The fraction of sp³-hybridized carbons (Fsp3) is 0.417. The number of rotatable bonds is 10. The van der Waals surface area contributed by atoms with Gasteiger partial charge in [0.1, 0.15) is 0 Å². The van der Waals surface area contributed by atoms with Crippen LogP contribution in [-0.2, 0) is 20.7 Å². The van der Waals surface area contributed by atoms with Crippen molar-refractivity contribution in [3.8, 4) is 17.2 Å². The van der Waals surface area contributed by atoms with E-state index in [9.17, 15) is 9.59 Å². The Labute approximate surface area is 183 Å². The summed E-state index contributed by atoms with van der Waals surface area (Å²) in [7, 11) is 4.51. The highest BCUT2D eigenvalue weighted by atomic mass is 16.5. The maximum atomic E-state index is 12.6. The lowest BCUT2D eigenvalue weighted by Crippen LogP contribution is -2.30. The Morgan fingerprint density at radius 2 is 1.58 bits per heavy atom. The third-order valence-corrected chi connectivity index (χ3v) is 5.11. The number of hydrogen-bond donors (Lipinski definition) is 1. The van der Waals surface area contributed by atoms with Crippen LogP contribution in [0.2, 0.25) is 0 Å². The molecule has 2 atom stereocenters. The van der Waals surface area contributed by atoms with Crippen molar-refractivity contribution in [1.29, 1.82) is 0 Å². The third kappa shape index (κ3) is 6.13. The Bertz CT molecular complexity index is 886. The molecule has 0 aromatic heterocycles. The SMILES string of the molecule is CC[C@@H](C)c1ccccc1NC(=O)[C@H](C)OC(=O)Cc1cc(OC)c(OC)c(OC)c1. The number of ether oxygens (including phenoxy) is 4. The molecule has 2 aromatic rings. The molecule has 1 amide bonds. The summed E-state index contributed by atoms with van der Waals surface area (Å²) in [5, 5.41) is 2.87. The Hall–Kier alpha value is -3.22. The quantitative estimate of drug-likeness (QED) is 0.566. The van der Waals surface area contributed by atoms with E-state index in [2.05, 4.69) is 19.2 Å². The van der Waals surface area contributed by atoms with Crippen LogP contribution >= 0.6 is 0 Å². The average molecular weight is 430 g/mol. The molecule has 1 N–H and O–H groups in total. The molecule has 31 heavy (non-hydrogen) atoms. The Morgan fingerprint density at radius 3 is 2.13 bits per heavy atom. The van der Waals surface area contributed by atoms with Crippen molar-refractivity contribution in [1.82, 2.24) is 0 Å². The van der Waals surface area contributed by atoms with Gasteiger partial charge in [-0.25, -0.2) is 0 Å². The number of methoxy groups -OCH3 is 3. The fourth-order valence-electron chi connectivity index (χ4n) is 3.19. The molecule has 0 fully saturated rings. The fourth-order valence-corrected chi connectivity index (χ4v) is 3.19. The van der Waals surface area contributed by atoms with Crippen molar-refractivity contribution >= 4 is 17.6 Å². The molecule has 2 rings (SSSR count). The molecular formula is C24H31NO6. The number of hydrogen-bond acceptors (Lipinski definition) is 6. The van der Waals surface area contributed by atoms with Gasteiger partial charge in [-0.05, 0) is 48.6 Å². The summed E-state index contributed by atoms with van der Waals surface area (Å²) in [4.78, 5) is 25.0. The van der Waals surface area contributed by atoms with Gasteiger partial charge in [0, 0.05) is 5.69 Å². The predicted octanol–water partition coefficient (Wildman–Crippen LogP) is 4.34. The first-order chi connectivity index (χ1) is 14.8. The summed E-state index contributed by atoms with van der Waals surface area (Å²) < 4.78 is 21.3.